The largest absolute Gasteiger partial charge is 0.330 e. The molecule has 1 atom stereocenters. The highest BCUT2D eigenvalue weighted by Gasteiger charge is 2.34. The first-order valence-electron chi connectivity index (χ1n) is 12.3. The van der Waals surface area contributed by atoms with Gasteiger partial charge in [0.25, 0.3) is 15.9 Å². The third-order valence-corrected chi connectivity index (χ3v) is 8.45. The summed E-state index contributed by atoms with van der Waals surface area (Å²) in [5.41, 5.74) is 8.47. The number of hydrogen-bond acceptors (Lipinski definition) is 4. The van der Waals surface area contributed by atoms with E-state index < -0.39 is 16.1 Å². The number of carbonyl (C=O) groups excluding carboxylic acids is 1. The summed E-state index contributed by atoms with van der Waals surface area (Å²) < 4.78 is 29.5. The molecule has 0 radical (unpaired) electrons. The first kappa shape index (κ1) is 26.9. The number of nitrogens with zero attached hydrogens (tertiary/aromatic N) is 2. The minimum atomic E-state index is -3.98. The minimum absolute atomic E-state index is 0.100. The molecule has 1 unspecified atom stereocenters. The number of fused-ring (bicyclic) bond motifs is 1. The van der Waals surface area contributed by atoms with Crippen LogP contribution in [0.4, 0.5) is 0 Å². The summed E-state index contributed by atoms with van der Waals surface area (Å²) in [6.45, 7) is 6.75. The molecule has 0 aliphatic carbocycles. The molecule has 0 spiro atoms. The van der Waals surface area contributed by atoms with Crippen LogP contribution in [-0.4, -0.2) is 36.3 Å². The van der Waals surface area contributed by atoms with Crippen LogP contribution in [0, 0.1) is 12.8 Å². The lowest BCUT2D eigenvalue weighted by Crippen LogP contribution is -2.40. The van der Waals surface area contributed by atoms with Crippen molar-refractivity contribution < 1.29 is 13.2 Å². The van der Waals surface area contributed by atoms with Gasteiger partial charge in [0.15, 0.2) is 0 Å². The topological polar surface area (TPSA) is 85.4 Å². The lowest BCUT2D eigenvalue weighted by atomic mass is 9.97. The zero-order chi connectivity index (χ0) is 26.7. The van der Waals surface area contributed by atoms with Crippen LogP contribution in [-0.2, 0) is 10.0 Å². The van der Waals surface area contributed by atoms with Gasteiger partial charge in [0.2, 0.25) is 0 Å². The smallest absolute Gasteiger partial charge is 0.268 e. The van der Waals surface area contributed by atoms with Gasteiger partial charge >= 0.3 is 0 Å². The maximum atomic E-state index is 14.1. The zero-order valence-corrected chi connectivity index (χ0v) is 22.8. The van der Waals surface area contributed by atoms with Crippen LogP contribution in [0.5, 0.6) is 0 Å². The van der Waals surface area contributed by atoms with E-state index in [-0.39, 0.29) is 16.7 Å². The van der Waals surface area contributed by atoms with E-state index >= 15 is 0 Å². The molecular formula is C29H32ClN3O3S. The van der Waals surface area contributed by atoms with Crippen LogP contribution in [0.15, 0.2) is 83.8 Å². The molecule has 1 heterocycles. The highest BCUT2D eigenvalue weighted by atomic mass is 35.5. The Morgan fingerprint density at radius 3 is 2.30 bits per heavy atom. The molecule has 2 N–H and O–H groups in total. The second-order valence-electron chi connectivity index (χ2n) is 9.55. The summed E-state index contributed by atoms with van der Waals surface area (Å²) in [5, 5.41) is 1.19. The maximum Gasteiger partial charge on any atom is 0.268 e. The summed E-state index contributed by atoms with van der Waals surface area (Å²) in [7, 11) is -3.98. The summed E-state index contributed by atoms with van der Waals surface area (Å²) in [6.07, 6.45) is 0.582. The van der Waals surface area contributed by atoms with E-state index in [1.54, 1.807) is 65.6 Å². The van der Waals surface area contributed by atoms with Crippen molar-refractivity contribution in [3.05, 3.63) is 101 Å². The first-order valence-corrected chi connectivity index (χ1v) is 14.2. The number of rotatable bonds is 9. The van der Waals surface area contributed by atoms with Crippen LogP contribution < -0.4 is 5.73 Å². The summed E-state index contributed by atoms with van der Waals surface area (Å²) >= 11 is 6.29. The van der Waals surface area contributed by atoms with Gasteiger partial charge in [-0.3, -0.25) is 4.79 Å². The van der Waals surface area contributed by atoms with Crippen molar-refractivity contribution in [2.75, 3.05) is 13.1 Å². The zero-order valence-electron chi connectivity index (χ0n) is 21.3. The Kier molecular flexibility index (Phi) is 8.07. The Morgan fingerprint density at radius 2 is 1.68 bits per heavy atom. The van der Waals surface area contributed by atoms with E-state index in [1.807, 2.05) is 39.0 Å². The molecule has 37 heavy (non-hydrogen) atoms. The molecule has 0 saturated carbocycles. The molecular weight excluding hydrogens is 506 g/mol. The van der Waals surface area contributed by atoms with Gasteiger partial charge < -0.3 is 10.6 Å². The monoisotopic (exact) mass is 537 g/mol. The Hall–Kier alpha value is -3.13. The molecule has 4 rings (SSSR count). The van der Waals surface area contributed by atoms with E-state index in [0.29, 0.717) is 46.7 Å². The van der Waals surface area contributed by atoms with Crippen LogP contribution in [0.25, 0.3) is 10.9 Å². The summed E-state index contributed by atoms with van der Waals surface area (Å²) in [6, 6.07) is 22.2. The van der Waals surface area contributed by atoms with Gasteiger partial charge in [-0.05, 0) is 74.3 Å². The number of benzene rings is 3. The molecule has 4 aromatic rings. The predicted octanol–water partition coefficient (Wildman–Crippen LogP) is 6.03. The quantitative estimate of drug-likeness (QED) is 0.282. The number of carbonyl (C=O) groups is 1. The molecule has 6 nitrogen and oxygen atoms in total. The van der Waals surface area contributed by atoms with Crippen molar-refractivity contribution in [1.82, 2.24) is 8.87 Å². The Labute approximate surface area is 223 Å². The number of aromatic nitrogens is 1. The molecule has 0 fully saturated rings. The SMILES string of the molecule is Cc1ccc(C(=O)N(CCCN)C(c2cc3cc(Cl)ccc3n2S(=O)(=O)c2ccccc2)C(C)C)cc1. The third-order valence-electron chi connectivity index (χ3n) is 6.46. The maximum absolute atomic E-state index is 14.1. The fourth-order valence-electron chi connectivity index (χ4n) is 4.71. The fraction of sp³-hybridized carbons (Fsp3) is 0.276. The van der Waals surface area contributed by atoms with Gasteiger partial charge in [0.1, 0.15) is 0 Å². The van der Waals surface area contributed by atoms with Crippen LogP contribution in [0.1, 0.15) is 47.9 Å². The molecule has 0 aliphatic heterocycles. The van der Waals surface area contributed by atoms with Gasteiger partial charge in [-0.2, -0.15) is 0 Å². The van der Waals surface area contributed by atoms with E-state index in [4.69, 9.17) is 17.3 Å². The average Bonchev–Trinajstić information content (AvgIpc) is 3.25. The van der Waals surface area contributed by atoms with Crippen LogP contribution in [0.3, 0.4) is 0 Å². The van der Waals surface area contributed by atoms with Gasteiger partial charge in [-0.1, -0.05) is 61.3 Å². The standard InChI is InChI=1S/C29H32ClN3O3S/c1-20(2)28(32(17-7-16-31)29(34)22-12-10-21(3)11-13-22)27-19-23-18-24(30)14-15-26(23)33(27)37(35,36)25-8-5-4-6-9-25/h4-6,8-15,18-20,28H,7,16-17,31H2,1-3H3. The highest BCUT2D eigenvalue weighted by molar-refractivity contribution is 7.90. The van der Waals surface area contributed by atoms with Gasteiger partial charge in [-0.25, -0.2) is 12.4 Å². The molecule has 1 aromatic heterocycles. The van der Waals surface area contributed by atoms with Crippen molar-refractivity contribution in [3.63, 3.8) is 0 Å². The van der Waals surface area contributed by atoms with E-state index in [0.717, 1.165) is 5.56 Å². The van der Waals surface area contributed by atoms with Crippen molar-refractivity contribution in [2.24, 2.45) is 11.7 Å². The summed E-state index contributed by atoms with van der Waals surface area (Å²) in [5.74, 6) is -0.268. The number of amides is 1. The molecule has 194 valence electrons. The molecule has 8 heteroatoms. The molecule has 0 saturated heterocycles. The molecule has 1 amide bonds. The molecule has 0 aliphatic rings. The second kappa shape index (κ2) is 11.1. The van der Waals surface area contributed by atoms with Crippen molar-refractivity contribution in [2.45, 2.75) is 38.1 Å². The lowest BCUT2D eigenvalue weighted by Gasteiger charge is -2.35. The minimum Gasteiger partial charge on any atom is -0.330 e. The highest BCUT2D eigenvalue weighted by Crippen LogP contribution is 2.37. The van der Waals surface area contributed by atoms with Crippen LogP contribution >= 0.6 is 11.6 Å². The average molecular weight is 538 g/mol. The van der Waals surface area contributed by atoms with Gasteiger partial charge in [-0.15, -0.1) is 0 Å². The predicted molar refractivity (Wildman–Crippen MR) is 149 cm³/mol. The number of nitrogens with two attached hydrogens (primary N) is 1. The number of aryl methyl sites for hydroxylation is 1. The van der Waals surface area contributed by atoms with Crippen LogP contribution in [0.2, 0.25) is 5.02 Å². The third kappa shape index (κ3) is 5.44. The Morgan fingerprint density at radius 1 is 1.00 bits per heavy atom. The van der Waals surface area contributed by atoms with Crippen molar-refractivity contribution >= 4 is 38.4 Å². The second-order valence-corrected chi connectivity index (χ2v) is 11.8. The number of halogens is 1. The Bertz CT molecular complexity index is 1500. The summed E-state index contributed by atoms with van der Waals surface area (Å²) in [4.78, 5) is 15.8. The fourth-order valence-corrected chi connectivity index (χ4v) is 6.46. The van der Waals surface area contributed by atoms with Crippen molar-refractivity contribution in [3.8, 4) is 0 Å². The molecule has 3 aromatic carbocycles. The normalized spacial score (nSPS) is 12.7. The lowest BCUT2D eigenvalue weighted by molar-refractivity contribution is 0.0614. The molecule has 0 bridgehead atoms. The van der Waals surface area contributed by atoms with E-state index in [2.05, 4.69) is 0 Å². The van der Waals surface area contributed by atoms with Gasteiger partial charge in [0, 0.05) is 22.5 Å². The van der Waals surface area contributed by atoms with E-state index in [9.17, 15) is 13.2 Å². The first-order chi connectivity index (χ1) is 17.6. The van der Waals surface area contributed by atoms with Crippen molar-refractivity contribution in [1.29, 1.82) is 0 Å². The number of hydrogen-bond donors (Lipinski definition) is 1. The van der Waals surface area contributed by atoms with Gasteiger partial charge in [0.05, 0.1) is 22.1 Å². The Balaban J connectivity index is 1.96. The van der Waals surface area contributed by atoms with E-state index in [1.165, 1.54) is 3.97 Å².